The minimum absolute atomic E-state index is 0.541. The van der Waals surface area contributed by atoms with Crippen molar-refractivity contribution in [2.75, 3.05) is 37.3 Å². The molecule has 3 heterocycles. The second-order valence-electron chi connectivity index (χ2n) is 5.17. The summed E-state index contributed by atoms with van der Waals surface area (Å²) in [6.45, 7) is 4.67. The highest BCUT2D eigenvalue weighted by Gasteiger charge is 2.30. The van der Waals surface area contributed by atoms with Gasteiger partial charge < -0.3 is 4.90 Å². The van der Waals surface area contributed by atoms with Crippen LogP contribution in [-0.4, -0.2) is 53.3 Å². The summed E-state index contributed by atoms with van der Waals surface area (Å²) in [5.74, 6) is 0.978. The quantitative estimate of drug-likeness (QED) is 0.486. The summed E-state index contributed by atoms with van der Waals surface area (Å²) in [6, 6.07) is 2.57. The Morgan fingerprint density at radius 3 is 2.79 bits per heavy atom. The first-order valence-corrected chi connectivity index (χ1v) is 8.44. The first kappa shape index (κ1) is 13.5. The molecule has 0 saturated carbocycles. The van der Waals surface area contributed by atoms with Crippen LogP contribution in [0.2, 0.25) is 5.15 Å². The highest BCUT2D eigenvalue weighted by molar-refractivity contribution is 7.98. The maximum Gasteiger partial charge on any atom is 0.190 e. The predicted molar refractivity (Wildman–Crippen MR) is 80.2 cm³/mol. The van der Waals surface area contributed by atoms with Crippen molar-refractivity contribution >= 4 is 29.2 Å². The number of hydrogen-bond donors (Lipinski definition) is 0. The third-order valence-corrected chi connectivity index (χ3v) is 4.73. The van der Waals surface area contributed by atoms with Crippen LogP contribution in [0.3, 0.4) is 0 Å². The monoisotopic (exact) mass is 298 g/mol. The molecule has 3 rings (SSSR count). The molecular formula is C13H19ClN4S. The molecular weight excluding hydrogens is 280 g/mol. The highest BCUT2D eigenvalue weighted by atomic mass is 35.5. The predicted octanol–water partition coefficient (Wildman–Crippen LogP) is 2.53. The average molecular weight is 299 g/mol. The third kappa shape index (κ3) is 2.98. The van der Waals surface area contributed by atoms with Crippen LogP contribution in [0.5, 0.6) is 0 Å². The van der Waals surface area contributed by atoms with Crippen LogP contribution in [0.15, 0.2) is 11.2 Å². The first-order chi connectivity index (χ1) is 9.26. The van der Waals surface area contributed by atoms with E-state index in [1.807, 2.05) is 12.3 Å². The van der Waals surface area contributed by atoms with E-state index in [1.165, 1.54) is 44.1 Å². The number of anilines is 1. The zero-order valence-corrected chi connectivity index (χ0v) is 12.8. The molecule has 0 amide bonds. The van der Waals surface area contributed by atoms with E-state index in [-0.39, 0.29) is 0 Å². The van der Waals surface area contributed by atoms with Gasteiger partial charge in [-0.2, -0.15) is 0 Å². The van der Waals surface area contributed by atoms with E-state index >= 15 is 0 Å². The van der Waals surface area contributed by atoms with Crippen molar-refractivity contribution in [2.45, 2.75) is 30.5 Å². The van der Waals surface area contributed by atoms with E-state index in [0.29, 0.717) is 11.2 Å². The molecule has 2 aliphatic rings. The molecule has 0 spiro atoms. The molecule has 0 N–H and O–H groups in total. The molecule has 0 aliphatic carbocycles. The lowest BCUT2D eigenvalue weighted by atomic mass is 10.2. The van der Waals surface area contributed by atoms with Crippen molar-refractivity contribution in [3.05, 3.63) is 11.2 Å². The van der Waals surface area contributed by atoms with Gasteiger partial charge in [0.2, 0.25) is 0 Å². The number of thioether (sulfide) groups is 1. The normalized spacial score (nSPS) is 24.3. The maximum atomic E-state index is 6.07. The fourth-order valence-electron chi connectivity index (χ4n) is 2.99. The molecule has 6 heteroatoms. The van der Waals surface area contributed by atoms with Crippen molar-refractivity contribution in [1.29, 1.82) is 0 Å². The summed E-state index contributed by atoms with van der Waals surface area (Å²) in [7, 11) is 0. The van der Waals surface area contributed by atoms with E-state index in [2.05, 4.69) is 19.8 Å². The smallest absolute Gasteiger partial charge is 0.190 e. The van der Waals surface area contributed by atoms with E-state index < -0.39 is 0 Å². The summed E-state index contributed by atoms with van der Waals surface area (Å²) in [6.07, 6.45) is 5.92. The summed E-state index contributed by atoms with van der Waals surface area (Å²) in [5, 5.41) is 1.30. The SMILES string of the molecule is CSc1nc(Cl)cc(N2CCC(N3CCCC3)C2)n1. The van der Waals surface area contributed by atoms with Gasteiger partial charge in [0.25, 0.3) is 0 Å². The van der Waals surface area contributed by atoms with E-state index in [9.17, 15) is 0 Å². The van der Waals surface area contributed by atoms with Gasteiger partial charge in [0.1, 0.15) is 11.0 Å². The van der Waals surface area contributed by atoms with E-state index in [0.717, 1.165) is 24.1 Å². The second kappa shape index (κ2) is 5.85. The average Bonchev–Trinajstić information content (AvgIpc) is 3.08. The number of hydrogen-bond acceptors (Lipinski definition) is 5. The van der Waals surface area contributed by atoms with Crippen LogP contribution in [0.1, 0.15) is 19.3 Å². The Balaban J connectivity index is 1.71. The summed E-state index contributed by atoms with van der Waals surface area (Å²) >= 11 is 7.61. The molecule has 1 atom stereocenters. The summed E-state index contributed by atoms with van der Waals surface area (Å²) in [4.78, 5) is 13.7. The Morgan fingerprint density at radius 1 is 1.26 bits per heavy atom. The Labute approximate surface area is 123 Å². The van der Waals surface area contributed by atoms with Crippen molar-refractivity contribution in [3.8, 4) is 0 Å². The molecule has 4 nitrogen and oxygen atoms in total. The van der Waals surface area contributed by atoms with Gasteiger partial charge >= 0.3 is 0 Å². The topological polar surface area (TPSA) is 32.3 Å². The molecule has 0 aromatic carbocycles. The lowest BCUT2D eigenvalue weighted by Crippen LogP contribution is -2.35. The van der Waals surface area contributed by atoms with E-state index in [4.69, 9.17) is 11.6 Å². The van der Waals surface area contributed by atoms with Gasteiger partial charge in [-0.1, -0.05) is 23.4 Å². The van der Waals surface area contributed by atoms with Crippen LogP contribution < -0.4 is 4.90 Å². The van der Waals surface area contributed by atoms with Crippen LogP contribution in [0, 0.1) is 0 Å². The number of rotatable bonds is 3. The fourth-order valence-corrected chi connectivity index (χ4v) is 3.60. The fraction of sp³-hybridized carbons (Fsp3) is 0.692. The minimum atomic E-state index is 0.541. The molecule has 104 valence electrons. The zero-order chi connectivity index (χ0) is 13.2. The Morgan fingerprint density at radius 2 is 2.05 bits per heavy atom. The van der Waals surface area contributed by atoms with Crippen LogP contribution in [-0.2, 0) is 0 Å². The molecule has 1 unspecified atom stereocenters. The standard InChI is InChI=1S/C13H19ClN4S/c1-19-13-15-11(14)8-12(16-13)18-7-4-10(9-18)17-5-2-3-6-17/h8,10H,2-7,9H2,1H3. The van der Waals surface area contributed by atoms with Gasteiger partial charge in [0.05, 0.1) is 0 Å². The lowest BCUT2D eigenvalue weighted by Gasteiger charge is -2.24. The van der Waals surface area contributed by atoms with E-state index in [1.54, 1.807) is 0 Å². The minimum Gasteiger partial charge on any atom is -0.355 e. The number of aromatic nitrogens is 2. The highest BCUT2D eigenvalue weighted by Crippen LogP contribution is 2.26. The van der Waals surface area contributed by atoms with Crippen LogP contribution in [0.25, 0.3) is 0 Å². The molecule has 0 bridgehead atoms. The Kier molecular flexibility index (Phi) is 4.15. The Hall–Kier alpha value is -0.520. The summed E-state index contributed by atoms with van der Waals surface area (Å²) < 4.78 is 0. The third-order valence-electron chi connectivity index (χ3n) is 3.99. The van der Waals surface area contributed by atoms with Crippen molar-refractivity contribution < 1.29 is 0 Å². The molecule has 2 fully saturated rings. The van der Waals surface area contributed by atoms with Crippen molar-refractivity contribution in [3.63, 3.8) is 0 Å². The van der Waals surface area contributed by atoms with Gasteiger partial charge in [-0.3, -0.25) is 4.90 Å². The largest absolute Gasteiger partial charge is 0.355 e. The summed E-state index contributed by atoms with van der Waals surface area (Å²) in [5.41, 5.74) is 0. The number of nitrogens with zero attached hydrogens (tertiary/aromatic N) is 4. The molecule has 19 heavy (non-hydrogen) atoms. The van der Waals surface area contributed by atoms with Crippen molar-refractivity contribution in [1.82, 2.24) is 14.9 Å². The molecule has 2 aliphatic heterocycles. The van der Waals surface area contributed by atoms with Gasteiger partial charge in [-0.15, -0.1) is 0 Å². The molecule has 1 aromatic rings. The van der Waals surface area contributed by atoms with Gasteiger partial charge in [-0.05, 0) is 38.6 Å². The van der Waals surface area contributed by atoms with Crippen LogP contribution >= 0.6 is 23.4 Å². The zero-order valence-electron chi connectivity index (χ0n) is 11.2. The second-order valence-corrected chi connectivity index (χ2v) is 6.33. The molecule has 0 radical (unpaired) electrons. The maximum absolute atomic E-state index is 6.07. The molecule has 2 saturated heterocycles. The first-order valence-electron chi connectivity index (χ1n) is 6.84. The number of halogens is 1. The molecule has 1 aromatic heterocycles. The van der Waals surface area contributed by atoms with Gasteiger partial charge in [-0.25, -0.2) is 9.97 Å². The lowest BCUT2D eigenvalue weighted by molar-refractivity contribution is 0.260. The van der Waals surface area contributed by atoms with Crippen molar-refractivity contribution in [2.24, 2.45) is 0 Å². The Bertz CT molecular complexity index is 450. The number of likely N-dealkylation sites (tertiary alicyclic amines) is 1. The van der Waals surface area contributed by atoms with Gasteiger partial charge in [0.15, 0.2) is 5.16 Å². The van der Waals surface area contributed by atoms with Crippen LogP contribution in [0.4, 0.5) is 5.82 Å². The van der Waals surface area contributed by atoms with Gasteiger partial charge in [0, 0.05) is 25.2 Å².